The van der Waals surface area contributed by atoms with E-state index in [2.05, 4.69) is 31.2 Å². The Bertz CT molecular complexity index is 363. The number of methoxy groups -OCH3 is 1. The van der Waals surface area contributed by atoms with E-state index in [1.165, 1.54) is 11.1 Å². The average Bonchev–Trinajstić information content (AvgIpc) is 2.82. The van der Waals surface area contributed by atoms with Crippen LogP contribution in [0.2, 0.25) is 0 Å². The van der Waals surface area contributed by atoms with E-state index in [4.69, 9.17) is 15.2 Å². The standard InChI is InChI=1S/C15H23NO2/c1-11-14(8-10-18-11)15(16)13-5-3-12(4-6-13)7-9-17-2/h3-6,11,14-15H,7-10,16H2,1-2H3. The van der Waals surface area contributed by atoms with Gasteiger partial charge in [-0.15, -0.1) is 0 Å². The lowest BCUT2D eigenvalue weighted by atomic mass is 9.88. The number of hydrogen-bond acceptors (Lipinski definition) is 3. The second kappa shape index (κ2) is 6.32. The molecule has 3 unspecified atom stereocenters. The van der Waals surface area contributed by atoms with Gasteiger partial charge in [-0.25, -0.2) is 0 Å². The Labute approximate surface area is 109 Å². The van der Waals surface area contributed by atoms with Crippen molar-refractivity contribution in [2.45, 2.75) is 31.9 Å². The molecule has 1 aliphatic heterocycles. The molecule has 0 bridgehead atoms. The zero-order valence-corrected chi connectivity index (χ0v) is 11.3. The first-order chi connectivity index (χ1) is 8.72. The minimum absolute atomic E-state index is 0.0824. The Balaban J connectivity index is 2.00. The summed E-state index contributed by atoms with van der Waals surface area (Å²) in [7, 11) is 1.73. The van der Waals surface area contributed by atoms with Crippen LogP contribution >= 0.6 is 0 Å². The Hall–Kier alpha value is -0.900. The number of nitrogens with two attached hydrogens (primary N) is 1. The lowest BCUT2D eigenvalue weighted by Gasteiger charge is -2.22. The maximum atomic E-state index is 6.34. The third-order valence-electron chi connectivity index (χ3n) is 3.86. The zero-order chi connectivity index (χ0) is 13.0. The highest BCUT2D eigenvalue weighted by Crippen LogP contribution is 2.31. The van der Waals surface area contributed by atoms with Crippen molar-refractivity contribution >= 4 is 0 Å². The molecular formula is C15H23NO2. The Morgan fingerprint density at radius 1 is 1.39 bits per heavy atom. The fraction of sp³-hybridized carbons (Fsp3) is 0.600. The van der Waals surface area contributed by atoms with Gasteiger partial charge in [-0.1, -0.05) is 24.3 Å². The summed E-state index contributed by atoms with van der Waals surface area (Å²) in [5.74, 6) is 0.440. The Kier molecular flexibility index (Phi) is 4.75. The molecule has 1 aliphatic rings. The smallest absolute Gasteiger partial charge is 0.0594 e. The summed E-state index contributed by atoms with van der Waals surface area (Å²) in [6, 6.07) is 8.66. The molecule has 2 N–H and O–H groups in total. The van der Waals surface area contributed by atoms with E-state index in [1.54, 1.807) is 7.11 Å². The fourth-order valence-corrected chi connectivity index (χ4v) is 2.59. The predicted octanol–water partition coefficient (Wildman–Crippen LogP) is 2.30. The molecule has 1 heterocycles. The molecule has 0 amide bonds. The van der Waals surface area contributed by atoms with Crippen LogP contribution in [-0.2, 0) is 15.9 Å². The van der Waals surface area contributed by atoms with Gasteiger partial charge in [-0.2, -0.15) is 0 Å². The molecule has 1 aromatic rings. The average molecular weight is 249 g/mol. The zero-order valence-electron chi connectivity index (χ0n) is 11.3. The largest absolute Gasteiger partial charge is 0.384 e. The van der Waals surface area contributed by atoms with Crippen molar-refractivity contribution in [2.24, 2.45) is 11.7 Å². The number of ether oxygens (including phenoxy) is 2. The summed E-state index contributed by atoms with van der Waals surface area (Å²) in [5.41, 5.74) is 8.84. The van der Waals surface area contributed by atoms with Crippen LogP contribution in [0, 0.1) is 5.92 Å². The van der Waals surface area contributed by atoms with Crippen molar-refractivity contribution in [3.63, 3.8) is 0 Å². The summed E-state index contributed by atoms with van der Waals surface area (Å²) in [6.45, 7) is 3.72. The minimum Gasteiger partial charge on any atom is -0.384 e. The summed E-state index contributed by atoms with van der Waals surface area (Å²) < 4.78 is 10.7. The van der Waals surface area contributed by atoms with Crippen molar-refractivity contribution in [2.75, 3.05) is 20.3 Å². The summed E-state index contributed by atoms with van der Waals surface area (Å²) in [6.07, 6.45) is 2.29. The summed E-state index contributed by atoms with van der Waals surface area (Å²) >= 11 is 0. The van der Waals surface area contributed by atoms with E-state index in [1.807, 2.05) is 0 Å². The summed E-state index contributed by atoms with van der Waals surface area (Å²) in [4.78, 5) is 0. The first-order valence-corrected chi connectivity index (χ1v) is 6.67. The van der Waals surface area contributed by atoms with Crippen LogP contribution in [0.3, 0.4) is 0 Å². The molecule has 0 aliphatic carbocycles. The van der Waals surface area contributed by atoms with Crippen molar-refractivity contribution < 1.29 is 9.47 Å². The van der Waals surface area contributed by atoms with Crippen LogP contribution in [0.4, 0.5) is 0 Å². The van der Waals surface area contributed by atoms with Gasteiger partial charge in [0.25, 0.3) is 0 Å². The van der Waals surface area contributed by atoms with Gasteiger partial charge in [-0.3, -0.25) is 0 Å². The molecule has 100 valence electrons. The van der Waals surface area contributed by atoms with Crippen LogP contribution in [-0.4, -0.2) is 26.4 Å². The van der Waals surface area contributed by atoms with Gasteiger partial charge >= 0.3 is 0 Å². The molecule has 0 saturated carbocycles. The maximum Gasteiger partial charge on any atom is 0.0594 e. The molecule has 2 rings (SSSR count). The number of hydrogen-bond donors (Lipinski definition) is 1. The van der Waals surface area contributed by atoms with Crippen LogP contribution < -0.4 is 5.73 Å². The van der Waals surface area contributed by atoms with Gasteiger partial charge in [-0.05, 0) is 30.9 Å². The van der Waals surface area contributed by atoms with Crippen LogP contribution in [0.25, 0.3) is 0 Å². The maximum absolute atomic E-state index is 6.34. The second-order valence-electron chi connectivity index (χ2n) is 5.04. The SMILES string of the molecule is COCCc1ccc(C(N)C2CCOC2C)cc1. The van der Waals surface area contributed by atoms with E-state index < -0.39 is 0 Å². The highest BCUT2D eigenvalue weighted by molar-refractivity contribution is 5.25. The van der Waals surface area contributed by atoms with E-state index >= 15 is 0 Å². The lowest BCUT2D eigenvalue weighted by Crippen LogP contribution is -2.26. The van der Waals surface area contributed by atoms with Crippen LogP contribution in [0.5, 0.6) is 0 Å². The van der Waals surface area contributed by atoms with Gasteiger partial charge in [0.2, 0.25) is 0 Å². The molecule has 0 spiro atoms. The van der Waals surface area contributed by atoms with Gasteiger partial charge in [0.15, 0.2) is 0 Å². The second-order valence-corrected chi connectivity index (χ2v) is 5.04. The van der Waals surface area contributed by atoms with Crippen molar-refractivity contribution in [1.82, 2.24) is 0 Å². The van der Waals surface area contributed by atoms with E-state index in [9.17, 15) is 0 Å². The quantitative estimate of drug-likeness (QED) is 0.871. The molecule has 0 aromatic heterocycles. The van der Waals surface area contributed by atoms with Gasteiger partial charge in [0, 0.05) is 25.7 Å². The molecule has 18 heavy (non-hydrogen) atoms. The molecule has 0 radical (unpaired) electrons. The number of benzene rings is 1. The highest BCUT2D eigenvalue weighted by atomic mass is 16.5. The van der Waals surface area contributed by atoms with Gasteiger partial charge in [0.05, 0.1) is 12.7 Å². The predicted molar refractivity (Wildman–Crippen MR) is 72.5 cm³/mol. The first-order valence-electron chi connectivity index (χ1n) is 6.67. The molecule has 1 fully saturated rings. The van der Waals surface area contributed by atoms with Crippen molar-refractivity contribution in [1.29, 1.82) is 0 Å². The summed E-state index contributed by atoms with van der Waals surface area (Å²) in [5, 5.41) is 0. The molecule has 3 heteroatoms. The van der Waals surface area contributed by atoms with E-state index in [0.29, 0.717) is 5.92 Å². The molecule has 1 saturated heterocycles. The normalized spacial score (nSPS) is 25.3. The topological polar surface area (TPSA) is 44.5 Å². The van der Waals surface area contributed by atoms with Gasteiger partial charge in [0.1, 0.15) is 0 Å². The van der Waals surface area contributed by atoms with E-state index in [-0.39, 0.29) is 12.1 Å². The monoisotopic (exact) mass is 249 g/mol. The van der Waals surface area contributed by atoms with Crippen molar-refractivity contribution in [3.05, 3.63) is 35.4 Å². The van der Waals surface area contributed by atoms with E-state index in [0.717, 1.165) is 26.1 Å². The minimum atomic E-state index is 0.0824. The third-order valence-corrected chi connectivity index (χ3v) is 3.86. The van der Waals surface area contributed by atoms with Crippen LogP contribution in [0.1, 0.15) is 30.5 Å². The van der Waals surface area contributed by atoms with Crippen LogP contribution in [0.15, 0.2) is 24.3 Å². The third kappa shape index (κ3) is 3.10. The number of rotatable bonds is 5. The fourth-order valence-electron chi connectivity index (χ4n) is 2.59. The highest BCUT2D eigenvalue weighted by Gasteiger charge is 2.30. The first kappa shape index (κ1) is 13.5. The van der Waals surface area contributed by atoms with Crippen molar-refractivity contribution in [3.8, 4) is 0 Å². The molecule has 3 nitrogen and oxygen atoms in total. The molecular weight excluding hydrogens is 226 g/mol. The lowest BCUT2D eigenvalue weighted by molar-refractivity contribution is 0.0995. The molecule has 3 atom stereocenters. The Morgan fingerprint density at radius 2 is 2.11 bits per heavy atom. The molecule has 1 aromatic carbocycles. The van der Waals surface area contributed by atoms with Gasteiger partial charge < -0.3 is 15.2 Å². The Morgan fingerprint density at radius 3 is 2.67 bits per heavy atom.